The molecule has 0 unspecified atom stereocenters. The van der Waals surface area contributed by atoms with E-state index < -0.39 is 0 Å². The van der Waals surface area contributed by atoms with Gasteiger partial charge in [0, 0.05) is 56.4 Å². The summed E-state index contributed by atoms with van der Waals surface area (Å²) < 4.78 is 6.08. The van der Waals surface area contributed by atoms with Gasteiger partial charge in [-0.05, 0) is 62.1 Å². The number of ether oxygens (including phenoxy) is 1. The van der Waals surface area contributed by atoms with E-state index in [9.17, 15) is 9.59 Å². The van der Waals surface area contributed by atoms with Crippen LogP contribution >= 0.6 is 0 Å². The van der Waals surface area contributed by atoms with Crippen molar-refractivity contribution in [3.8, 4) is 5.75 Å². The van der Waals surface area contributed by atoms with Gasteiger partial charge in [-0.25, -0.2) is 0 Å². The second kappa shape index (κ2) is 9.96. The summed E-state index contributed by atoms with van der Waals surface area (Å²) in [7, 11) is 0. The quantitative estimate of drug-likeness (QED) is 0.702. The largest absolute Gasteiger partial charge is 0.490 e. The van der Waals surface area contributed by atoms with Crippen molar-refractivity contribution < 1.29 is 14.3 Å². The molecule has 5 rings (SSSR count). The maximum atomic E-state index is 12.9. The molecule has 6 heteroatoms. The molecule has 2 amide bonds. The second-order valence-electron chi connectivity index (χ2n) is 9.46. The van der Waals surface area contributed by atoms with Gasteiger partial charge in [0.05, 0.1) is 6.10 Å². The minimum absolute atomic E-state index is 0.0911. The third-order valence-corrected chi connectivity index (χ3v) is 7.24. The summed E-state index contributed by atoms with van der Waals surface area (Å²) in [4.78, 5) is 31.8. The fourth-order valence-corrected chi connectivity index (χ4v) is 5.14. The van der Waals surface area contributed by atoms with E-state index in [4.69, 9.17) is 4.74 Å². The van der Waals surface area contributed by atoms with Crippen LogP contribution in [-0.2, 0) is 0 Å². The molecule has 2 heterocycles. The number of carbonyl (C=O) groups excluding carboxylic acids is 2. The topological polar surface area (TPSA) is 53.1 Å². The van der Waals surface area contributed by atoms with E-state index in [2.05, 4.69) is 4.90 Å². The van der Waals surface area contributed by atoms with Gasteiger partial charge < -0.3 is 14.5 Å². The Labute approximate surface area is 196 Å². The maximum Gasteiger partial charge on any atom is 0.253 e. The molecule has 2 aliphatic heterocycles. The van der Waals surface area contributed by atoms with Gasteiger partial charge >= 0.3 is 0 Å². The third kappa shape index (κ3) is 5.06. The van der Waals surface area contributed by atoms with Crippen LogP contribution in [0.3, 0.4) is 0 Å². The first-order valence-electron chi connectivity index (χ1n) is 12.3. The van der Waals surface area contributed by atoms with E-state index in [0.29, 0.717) is 12.1 Å². The number of piperazine rings is 1. The SMILES string of the molecule is O=C(c1ccccc1)N1CCN(C2CN(C(=O)c3ccc(OC4CCCCC4)cc3)C2)CC1. The van der Waals surface area contributed by atoms with Gasteiger partial charge in [0.1, 0.15) is 5.75 Å². The van der Waals surface area contributed by atoms with Gasteiger partial charge in [-0.1, -0.05) is 24.6 Å². The number of benzene rings is 2. The van der Waals surface area contributed by atoms with Crippen LogP contribution in [0.2, 0.25) is 0 Å². The first-order valence-corrected chi connectivity index (χ1v) is 12.3. The summed E-state index contributed by atoms with van der Waals surface area (Å²) >= 11 is 0. The van der Waals surface area contributed by atoms with Crippen molar-refractivity contribution in [2.75, 3.05) is 39.3 Å². The molecule has 0 spiro atoms. The molecule has 0 atom stereocenters. The molecule has 0 radical (unpaired) electrons. The average molecular weight is 448 g/mol. The highest BCUT2D eigenvalue weighted by atomic mass is 16.5. The molecule has 2 aromatic carbocycles. The van der Waals surface area contributed by atoms with E-state index in [0.717, 1.165) is 69.0 Å². The van der Waals surface area contributed by atoms with Gasteiger partial charge in [-0.15, -0.1) is 0 Å². The molecule has 3 aliphatic rings. The molecular weight excluding hydrogens is 414 g/mol. The Morgan fingerprint density at radius 2 is 1.30 bits per heavy atom. The highest BCUT2D eigenvalue weighted by molar-refractivity contribution is 5.95. The molecule has 0 N–H and O–H groups in total. The Bertz CT molecular complexity index is 942. The molecule has 2 saturated heterocycles. The third-order valence-electron chi connectivity index (χ3n) is 7.24. The molecule has 1 saturated carbocycles. The van der Waals surface area contributed by atoms with Crippen molar-refractivity contribution in [3.63, 3.8) is 0 Å². The van der Waals surface area contributed by atoms with Crippen molar-refractivity contribution in [2.24, 2.45) is 0 Å². The van der Waals surface area contributed by atoms with E-state index in [-0.39, 0.29) is 11.8 Å². The lowest BCUT2D eigenvalue weighted by atomic mass is 9.98. The van der Waals surface area contributed by atoms with Gasteiger partial charge in [0.2, 0.25) is 0 Å². The lowest BCUT2D eigenvalue weighted by molar-refractivity contribution is 0.00853. The van der Waals surface area contributed by atoms with Crippen LogP contribution in [0, 0.1) is 0 Å². The second-order valence-corrected chi connectivity index (χ2v) is 9.46. The van der Waals surface area contributed by atoms with Crippen molar-refractivity contribution in [3.05, 3.63) is 65.7 Å². The average Bonchev–Trinajstić information content (AvgIpc) is 2.85. The molecule has 0 aromatic heterocycles. The highest BCUT2D eigenvalue weighted by Crippen LogP contribution is 2.25. The summed E-state index contributed by atoms with van der Waals surface area (Å²) in [5.74, 6) is 1.06. The number of hydrogen-bond donors (Lipinski definition) is 0. The number of rotatable bonds is 5. The maximum absolute atomic E-state index is 12.9. The van der Waals surface area contributed by atoms with Crippen LogP contribution in [0.5, 0.6) is 5.75 Å². The summed E-state index contributed by atoms with van der Waals surface area (Å²) in [5.41, 5.74) is 1.48. The van der Waals surface area contributed by atoms with Crippen LogP contribution in [0.15, 0.2) is 54.6 Å². The van der Waals surface area contributed by atoms with E-state index in [1.54, 1.807) is 0 Å². The van der Waals surface area contributed by atoms with Crippen LogP contribution in [0.1, 0.15) is 52.8 Å². The predicted molar refractivity (Wildman–Crippen MR) is 128 cm³/mol. The zero-order valence-electron chi connectivity index (χ0n) is 19.2. The predicted octanol–water partition coefficient (Wildman–Crippen LogP) is 3.68. The van der Waals surface area contributed by atoms with Gasteiger partial charge in [-0.3, -0.25) is 14.5 Å². The zero-order chi connectivity index (χ0) is 22.6. The number of hydrogen-bond acceptors (Lipinski definition) is 4. The first kappa shape index (κ1) is 22.0. The Morgan fingerprint density at radius 1 is 0.697 bits per heavy atom. The molecule has 1 aliphatic carbocycles. The van der Waals surface area contributed by atoms with Gasteiger partial charge in [0.25, 0.3) is 11.8 Å². The van der Waals surface area contributed by atoms with Crippen molar-refractivity contribution in [2.45, 2.75) is 44.2 Å². The minimum atomic E-state index is 0.0911. The van der Waals surface area contributed by atoms with E-state index >= 15 is 0 Å². The van der Waals surface area contributed by atoms with Crippen LogP contribution in [0.4, 0.5) is 0 Å². The Hall–Kier alpha value is -2.86. The molecule has 33 heavy (non-hydrogen) atoms. The zero-order valence-corrected chi connectivity index (χ0v) is 19.2. The lowest BCUT2D eigenvalue weighted by Gasteiger charge is -2.48. The van der Waals surface area contributed by atoms with Crippen LogP contribution in [0.25, 0.3) is 0 Å². The number of likely N-dealkylation sites (tertiary alicyclic amines) is 1. The molecule has 174 valence electrons. The standard InChI is InChI=1S/C27H33N3O3/c31-26(21-7-3-1-4-8-21)29-17-15-28(16-18-29)23-19-30(20-23)27(32)22-11-13-25(14-12-22)33-24-9-5-2-6-10-24/h1,3-4,7-8,11-14,23-24H,2,5-6,9-10,15-20H2. The first-order chi connectivity index (χ1) is 16.2. The molecule has 2 aromatic rings. The Balaban J connectivity index is 1.07. The van der Waals surface area contributed by atoms with Crippen molar-refractivity contribution >= 4 is 11.8 Å². The fourth-order valence-electron chi connectivity index (χ4n) is 5.14. The number of nitrogens with zero attached hydrogens (tertiary/aromatic N) is 3. The normalized spacial score (nSPS) is 20.4. The Morgan fingerprint density at radius 3 is 1.97 bits per heavy atom. The number of carbonyl (C=O) groups is 2. The lowest BCUT2D eigenvalue weighted by Crippen LogP contribution is -2.64. The van der Waals surface area contributed by atoms with E-state index in [1.807, 2.05) is 64.4 Å². The summed E-state index contributed by atoms with van der Waals surface area (Å²) in [6.45, 7) is 4.70. The van der Waals surface area contributed by atoms with Crippen LogP contribution in [-0.4, -0.2) is 77.9 Å². The fraction of sp³-hybridized carbons (Fsp3) is 0.481. The summed E-state index contributed by atoms with van der Waals surface area (Å²) in [5, 5.41) is 0. The monoisotopic (exact) mass is 447 g/mol. The number of amides is 2. The van der Waals surface area contributed by atoms with Crippen molar-refractivity contribution in [1.29, 1.82) is 0 Å². The van der Waals surface area contributed by atoms with Crippen molar-refractivity contribution in [1.82, 2.24) is 14.7 Å². The molecule has 3 fully saturated rings. The smallest absolute Gasteiger partial charge is 0.253 e. The molecule has 6 nitrogen and oxygen atoms in total. The molecule has 0 bridgehead atoms. The van der Waals surface area contributed by atoms with E-state index in [1.165, 1.54) is 19.3 Å². The van der Waals surface area contributed by atoms with Gasteiger partial charge in [-0.2, -0.15) is 0 Å². The minimum Gasteiger partial charge on any atom is -0.490 e. The van der Waals surface area contributed by atoms with Crippen LogP contribution < -0.4 is 4.74 Å². The van der Waals surface area contributed by atoms with Gasteiger partial charge in [0.15, 0.2) is 0 Å². The highest BCUT2D eigenvalue weighted by Gasteiger charge is 2.37. The Kier molecular flexibility index (Phi) is 6.63. The summed E-state index contributed by atoms with van der Waals surface area (Å²) in [6.07, 6.45) is 6.38. The summed E-state index contributed by atoms with van der Waals surface area (Å²) in [6, 6.07) is 17.5. The molecular formula is C27H33N3O3.